The number of imidazole rings is 1. The SMILES string of the molecule is CC(C)(C)c1ccc(Cn2cnc([N+](=O)[O-])c2)cc1. The highest BCUT2D eigenvalue weighted by Crippen LogP contribution is 2.22. The maximum absolute atomic E-state index is 10.6. The van der Waals surface area contributed by atoms with Crippen LogP contribution in [0.5, 0.6) is 0 Å². The van der Waals surface area contributed by atoms with E-state index in [1.165, 1.54) is 18.1 Å². The van der Waals surface area contributed by atoms with Crippen LogP contribution in [0.3, 0.4) is 0 Å². The first-order valence-electron chi connectivity index (χ1n) is 6.12. The van der Waals surface area contributed by atoms with Crippen LogP contribution in [-0.2, 0) is 12.0 Å². The monoisotopic (exact) mass is 259 g/mol. The zero-order valence-electron chi connectivity index (χ0n) is 11.3. The molecule has 1 heterocycles. The van der Waals surface area contributed by atoms with Crippen molar-refractivity contribution >= 4 is 5.82 Å². The van der Waals surface area contributed by atoms with Gasteiger partial charge in [0.2, 0.25) is 6.33 Å². The lowest BCUT2D eigenvalue weighted by molar-refractivity contribution is -0.389. The van der Waals surface area contributed by atoms with E-state index in [-0.39, 0.29) is 11.2 Å². The van der Waals surface area contributed by atoms with Crippen LogP contribution < -0.4 is 0 Å². The second-order valence-electron chi connectivity index (χ2n) is 5.61. The van der Waals surface area contributed by atoms with E-state index < -0.39 is 4.92 Å². The number of nitro groups is 1. The highest BCUT2D eigenvalue weighted by atomic mass is 16.6. The Kier molecular flexibility index (Phi) is 3.38. The summed E-state index contributed by atoms with van der Waals surface area (Å²) in [5, 5.41) is 10.6. The lowest BCUT2D eigenvalue weighted by Gasteiger charge is -2.19. The van der Waals surface area contributed by atoms with Crippen molar-refractivity contribution in [3.63, 3.8) is 0 Å². The molecule has 0 aliphatic rings. The summed E-state index contributed by atoms with van der Waals surface area (Å²) in [6.45, 7) is 7.09. The molecule has 5 heteroatoms. The highest BCUT2D eigenvalue weighted by molar-refractivity contribution is 5.28. The van der Waals surface area contributed by atoms with Crippen LogP contribution in [0, 0.1) is 10.1 Å². The Bertz CT molecular complexity index is 579. The lowest BCUT2D eigenvalue weighted by Crippen LogP contribution is -2.10. The van der Waals surface area contributed by atoms with Gasteiger partial charge in [0.15, 0.2) is 0 Å². The topological polar surface area (TPSA) is 61.0 Å². The number of aromatic nitrogens is 2. The van der Waals surface area contributed by atoms with E-state index in [0.29, 0.717) is 6.54 Å². The summed E-state index contributed by atoms with van der Waals surface area (Å²) in [4.78, 5) is 13.8. The summed E-state index contributed by atoms with van der Waals surface area (Å²) in [6, 6.07) is 8.29. The van der Waals surface area contributed by atoms with Crippen LogP contribution in [-0.4, -0.2) is 14.5 Å². The number of hydrogen-bond acceptors (Lipinski definition) is 3. The van der Waals surface area contributed by atoms with Crippen molar-refractivity contribution in [2.24, 2.45) is 0 Å². The molecule has 0 amide bonds. The zero-order chi connectivity index (χ0) is 14.0. The van der Waals surface area contributed by atoms with E-state index in [2.05, 4.69) is 37.9 Å². The van der Waals surface area contributed by atoms with Gasteiger partial charge in [-0.15, -0.1) is 0 Å². The van der Waals surface area contributed by atoms with Crippen molar-refractivity contribution in [2.75, 3.05) is 0 Å². The Hall–Kier alpha value is -2.17. The quantitative estimate of drug-likeness (QED) is 0.628. The van der Waals surface area contributed by atoms with Crippen LogP contribution in [0.2, 0.25) is 0 Å². The molecule has 1 aromatic carbocycles. The number of rotatable bonds is 3. The van der Waals surface area contributed by atoms with Gasteiger partial charge in [0.25, 0.3) is 0 Å². The van der Waals surface area contributed by atoms with Crippen molar-refractivity contribution in [1.82, 2.24) is 9.55 Å². The van der Waals surface area contributed by atoms with Gasteiger partial charge in [-0.3, -0.25) is 0 Å². The van der Waals surface area contributed by atoms with Gasteiger partial charge in [0, 0.05) is 0 Å². The molecule has 0 aliphatic heterocycles. The van der Waals surface area contributed by atoms with Crippen LogP contribution in [0.25, 0.3) is 0 Å². The average Bonchev–Trinajstić information content (AvgIpc) is 2.77. The minimum absolute atomic E-state index is 0.119. The third kappa shape index (κ3) is 3.19. The zero-order valence-corrected chi connectivity index (χ0v) is 11.3. The van der Waals surface area contributed by atoms with Gasteiger partial charge in [-0.25, -0.2) is 0 Å². The number of hydrogen-bond donors (Lipinski definition) is 0. The molecule has 0 atom stereocenters. The summed E-state index contributed by atoms with van der Waals surface area (Å²) >= 11 is 0. The predicted octanol–water partition coefficient (Wildman–Crippen LogP) is 3.14. The van der Waals surface area contributed by atoms with E-state index in [9.17, 15) is 10.1 Å². The molecule has 0 N–H and O–H groups in total. The minimum Gasteiger partial charge on any atom is -0.358 e. The molecule has 100 valence electrons. The van der Waals surface area contributed by atoms with E-state index in [1.54, 1.807) is 4.57 Å². The molecule has 2 rings (SSSR count). The molecule has 19 heavy (non-hydrogen) atoms. The van der Waals surface area contributed by atoms with Gasteiger partial charge in [-0.2, -0.15) is 0 Å². The molecule has 0 bridgehead atoms. The van der Waals surface area contributed by atoms with Crippen molar-refractivity contribution in [1.29, 1.82) is 0 Å². The number of benzene rings is 1. The first-order chi connectivity index (χ1) is 8.86. The average molecular weight is 259 g/mol. The highest BCUT2D eigenvalue weighted by Gasteiger charge is 2.13. The normalized spacial score (nSPS) is 11.5. The number of nitrogens with zero attached hydrogens (tertiary/aromatic N) is 3. The minimum atomic E-state index is -0.487. The van der Waals surface area contributed by atoms with Gasteiger partial charge in [0.1, 0.15) is 6.20 Å². The summed E-state index contributed by atoms with van der Waals surface area (Å²) < 4.78 is 1.71. The van der Waals surface area contributed by atoms with Gasteiger partial charge >= 0.3 is 5.82 Å². The van der Waals surface area contributed by atoms with Crippen molar-refractivity contribution in [2.45, 2.75) is 32.7 Å². The van der Waals surface area contributed by atoms with Crippen LogP contribution in [0.1, 0.15) is 31.9 Å². The Labute approximate surface area is 112 Å². The van der Waals surface area contributed by atoms with Crippen molar-refractivity contribution in [3.05, 3.63) is 58.0 Å². The van der Waals surface area contributed by atoms with Crippen LogP contribution in [0.4, 0.5) is 5.82 Å². The molecular formula is C14H17N3O2. The van der Waals surface area contributed by atoms with E-state index in [1.807, 2.05) is 12.1 Å². The first kappa shape index (κ1) is 13.3. The fourth-order valence-electron chi connectivity index (χ4n) is 1.85. The molecule has 0 radical (unpaired) electrons. The van der Waals surface area contributed by atoms with Gasteiger partial charge in [-0.05, 0) is 26.4 Å². The van der Waals surface area contributed by atoms with Gasteiger partial charge in [-0.1, -0.05) is 45.0 Å². The summed E-state index contributed by atoms with van der Waals surface area (Å²) in [5.74, 6) is -0.119. The maximum atomic E-state index is 10.6. The Balaban J connectivity index is 2.13. The molecule has 1 aromatic heterocycles. The molecule has 0 unspecified atom stereocenters. The second-order valence-corrected chi connectivity index (χ2v) is 5.61. The Morgan fingerprint density at radius 3 is 2.37 bits per heavy atom. The second kappa shape index (κ2) is 4.84. The summed E-state index contributed by atoms with van der Waals surface area (Å²) in [5.41, 5.74) is 2.50. The molecule has 0 aliphatic carbocycles. The Morgan fingerprint density at radius 1 is 1.26 bits per heavy atom. The van der Waals surface area contributed by atoms with Crippen molar-refractivity contribution in [3.8, 4) is 0 Å². The summed E-state index contributed by atoms with van der Waals surface area (Å²) in [7, 11) is 0. The molecule has 2 aromatic rings. The third-order valence-electron chi connectivity index (χ3n) is 2.99. The fraction of sp³-hybridized carbons (Fsp3) is 0.357. The lowest BCUT2D eigenvalue weighted by atomic mass is 9.87. The van der Waals surface area contributed by atoms with E-state index >= 15 is 0 Å². The maximum Gasteiger partial charge on any atom is 0.381 e. The van der Waals surface area contributed by atoms with Crippen LogP contribution in [0.15, 0.2) is 36.8 Å². The Morgan fingerprint density at radius 2 is 1.89 bits per heavy atom. The van der Waals surface area contributed by atoms with E-state index in [0.717, 1.165) is 5.56 Å². The van der Waals surface area contributed by atoms with Gasteiger partial charge < -0.3 is 14.7 Å². The van der Waals surface area contributed by atoms with E-state index in [4.69, 9.17) is 0 Å². The standard InChI is InChI=1S/C14H17N3O2/c1-14(2,3)12-6-4-11(5-7-12)8-16-9-13(15-10-16)17(18)19/h4-7,9-10H,8H2,1-3H3. The predicted molar refractivity (Wildman–Crippen MR) is 73.1 cm³/mol. The molecule has 5 nitrogen and oxygen atoms in total. The molecule has 0 fully saturated rings. The first-order valence-corrected chi connectivity index (χ1v) is 6.12. The largest absolute Gasteiger partial charge is 0.381 e. The third-order valence-corrected chi connectivity index (χ3v) is 2.99. The van der Waals surface area contributed by atoms with Crippen LogP contribution >= 0.6 is 0 Å². The van der Waals surface area contributed by atoms with Crippen molar-refractivity contribution < 1.29 is 4.92 Å². The summed E-state index contributed by atoms with van der Waals surface area (Å²) in [6.07, 6.45) is 2.92. The molecule has 0 saturated carbocycles. The van der Waals surface area contributed by atoms with Gasteiger partial charge in [0.05, 0.1) is 6.54 Å². The molecule has 0 saturated heterocycles. The molecular weight excluding hydrogens is 242 g/mol. The molecule has 0 spiro atoms. The fourth-order valence-corrected chi connectivity index (χ4v) is 1.85. The smallest absolute Gasteiger partial charge is 0.358 e.